The highest BCUT2D eigenvalue weighted by Gasteiger charge is 2.41. The molecule has 1 aliphatic rings. The Morgan fingerprint density at radius 3 is 2.07 bits per heavy atom. The number of primary amides is 1. The molecule has 0 unspecified atom stereocenters. The number of nitrogens with one attached hydrogen (secondary N) is 1. The number of carboxylic acids is 3. The average Bonchev–Trinajstić information content (AvgIpc) is 2.92. The van der Waals surface area contributed by atoms with E-state index in [0.717, 1.165) is 5.56 Å². The van der Waals surface area contributed by atoms with Crippen molar-refractivity contribution in [1.82, 2.24) is 10.2 Å². The van der Waals surface area contributed by atoms with E-state index >= 15 is 0 Å². The zero-order valence-corrected chi connectivity index (χ0v) is 24.2. The summed E-state index contributed by atoms with van der Waals surface area (Å²) in [5.74, 6) is -5.08. The van der Waals surface area contributed by atoms with Gasteiger partial charge in [0.2, 0.25) is 5.91 Å². The molecule has 3 rings (SSSR count). The third-order valence-electron chi connectivity index (χ3n) is 6.80. The van der Waals surface area contributed by atoms with Crippen molar-refractivity contribution in [2.75, 3.05) is 26.8 Å². The number of carbonyl (C=O) groups is 5. The first-order valence-corrected chi connectivity index (χ1v) is 13.3. The summed E-state index contributed by atoms with van der Waals surface area (Å²) in [4.78, 5) is 55.5. The number of aliphatic carboxylic acids is 3. The molecule has 1 fully saturated rings. The van der Waals surface area contributed by atoms with Gasteiger partial charge in [-0.3, -0.25) is 24.1 Å². The van der Waals surface area contributed by atoms with Crippen LogP contribution in [0.25, 0.3) is 0 Å². The summed E-state index contributed by atoms with van der Waals surface area (Å²) in [5.41, 5.74) is 3.22. The highest BCUT2D eigenvalue weighted by atomic mass is 19.1. The van der Waals surface area contributed by atoms with Gasteiger partial charge in [-0.05, 0) is 36.6 Å². The molecule has 2 aromatic carbocycles. The lowest BCUT2D eigenvalue weighted by Crippen LogP contribution is -2.52. The first kappa shape index (κ1) is 35.4. The fourth-order valence-electron chi connectivity index (χ4n) is 4.79. The van der Waals surface area contributed by atoms with Gasteiger partial charge in [-0.2, -0.15) is 0 Å². The molecule has 1 saturated heterocycles. The number of nitrogens with two attached hydrogens (primary N) is 1. The van der Waals surface area contributed by atoms with E-state index in [1.54, 1.807) is 24.3 Å². The van der Waals surface area contributed by atoms with Crippen LogP contribution in [0.3, 0.4) is 0 Å². The smallest absolute Gasteiger partial charge is 0.336 e. The van der Waals surface area contributed by atoms with Gasteiger partial charge >= 0.3 is 17.9 Å². The maximum absolute atomic E-state index is 14.5. The minimum atomic E-state index is -2.74. The number of carboxylic acid groups (broad SMARTS) is 3. The minimum absolute atomic E-state index is 0.173. The molecule has 1 heterocycles. The van der Waals surface area contributed by atoms with Gasteiger partial charge in [-0.25, -0.2) is 9.18 Å². The van der Waals surface area contributed by atoms with Crippen molar-refractivity contribution < 1.29 is 58.3 Å². The standard InChI is InChI=1S/C23H28FN3O4.C6H8O7/c1-16(28)26-23(18-5-3-4-6-19(18)24)9-11-27(12-10-23)14-17-7-8-20(21(13-17)30-2)31-15-22(25)29;7-3(8)1-6(13,5(11)12)2-4(9)10/h3-8,13H,9-12,14-15H2,1-2H3,(H2,25,29)(H,26,28);13H,1-2H2,(H,7,8)(H,9,10)(H,11,12). The van der Waals surface area contributed by atoms with Gasteiger partial charge in [0.25, 0.3) is 5.91 Å². The Bertz CT molecular complexity index is 1340. The normalized spacial score (nSPS) is 14.4. The molecule has 14 nitrogen and oxygen atoms in total. The number of hydrogen-bond donors (Lipinski definition) is 6. The Labute approximate surface area is 252 Å². The van der Waals surface area contributed by atoms with E-state index in [1.165, 1.54) is 20.1 Å². The molecule has 0 bridgehead atoms. The van der Waals surface area contributed by atoms with Crippen LogP contribution in [0.1, 0.15) is 43.7 Å². The van der Waals surface area contributed by atoms with Gasteiger partial charge in [0.1, 0.15) is 5.82 Å². The van der Waals surface area contributed by atoms with Crippen LogP contribution in [0.5, 0.6) is 11.5 Å². The first-order valence-electron chi connectivity index (χ1n) is 13.3. The molecule has 2 amide bonds. The highest BCUT2D eigenvalue weighted by Crippen LogP contribution is 2.36. The van der Waals surface area contributed by atoms with Crippen molar-refractivity contribution in [1.29, 1.82) is 0 Å². The number of benzene rings is 2. The molecule has 1 aliphatic heterocycles. The number of aliphatic hydroxyl groups is 1. The van der Waals surface area contributed by atoms with E-state index in [-0.39, 0.29) is 18.3 Å². The van der Waals surface area contributed by atoms with Crippen LogP contribution in [0.15, 0.2) is 42.5 Å². The maximum atomic E-state index is 14.5. The fourth-order valence-corrected chi connectivity index (χ4v) is 4.79. The Morgan fingerprint density at radius 2 is 1.59 bits per heavy atom. The maximum Gasteiger partial charge on any atom is 0.336 e. The molecule has 2 aromatic rings. The monoisotopic (exact) mass is 621 g/mol. The molecular formula is C29H36FN3O11. The van der Waals surface area contributed by atoms with Crippen molar-refractivity contribution in [2.24, 2.45) is 5.73 Å². The summed E-state index contributed by atoms with van der Waals surface area (Å²) in [6.07, 6.45) is -1.09. The molecule has 0 radical (unpaired) electrons. The van der Waals surface area contributed by atoms with Crippen LogP contribution in [-0.2, 0) is 36.1 Å². The van der Waals surface area contributed by atoms with E-state index in [1.807, 2.05) is 12.1 Å². The highest BCUT2D eigenvalue weighted by molar-refractivity contribution is 5.88. The Kier molecular flexibility index (Phi) is 12.6. The number of carbonyl (C=O) groups excluding carboxylic acids is 2. The van der Waals surface area contributed by atoms with E-state index in [9.17, 15) is 28.4 Å². The second-order valence-corrected chi connectivity index (χ2v) is 10.2. The summed E-state index contributed by atoms with van der Waals surface area (Å²) in [7, 11) is 1.54. The summed E-state index contributed by atoms with van der Waals surface area (Å²) in [5, 5.41) is 36.8. The van der Waals surface area contributed by atoms with Gasteiger partial charge in [-0.15, -0.1) is 0 Å². The lowest BCUT2D eigenvalue weighted by molar-refractivity contribution is -0.170. The van der Waals surface area contributed by atoms with Gasteiger partial charge < -0.3 is 41.0 Å². The third-order valence-corrected chi connectivity index (χ3v) is 6.80. The number of rotatable bonds is 13. The summed E-state index contributed by atoms with van der Waals surface area (Å²) < 4.78 is 25.3. The second-order valence-electron chi connectivity index (χ2n) is 10.2. The van der Waals surface area contributed by atoms with Crippen molar-refractivity contribution in [3.63, 3.8) is 0 Å². The largest absolute Gasteiger partial charge is 0.493 e. The summed E-state index contributed by atoms with van der Waals surface area (Å²) >= 11 is 0. The van der Waals surface area contributed by atoms with Crippen LogP contribution in [0.4, 0.5) is 4.39 Å². The van der Waals surface area contributed by atoms with Crippen molar-refractivity contribution in [3.05, 3.63) is 59.4 Å². The molecule has 0 aromatic heterocycles. The van der Waals surface area contributed by atoms with E-state index < -0.39 is 47.8 Å². The van der Waals surface area contributed by atoms with Crippen molar-refractivity contribution >= 4 is 29.7 Å². The van der Waals surface area contributed by atoms with Crippen molar-refractivity contribution in [3.8, 4) is 11.5 Å². The predicted octanol–water partition coefficient (Wildman–Crippen LogP) is 1.08. The molecule has 0 spiro atoms. The molecule has 0 atom stereocenters. The molecule has 240 valence electrons. The minimum Gasteiger partial charge on any atom is -0.493 e. The Balaban J connectivity index is 0.000000439. The lowest BCUT2D eigenvalue weighted by Gasteiger charge is -2.42. The van der Waals surface area contributed by atoms with Gasteiger partial charge in [0.05, 0.1) is 25.5 Å². The SMILES string of the molecule is COc1cc(CN2CCC(NC(C)=O)(c3ccccc3F)CC2)ccc1OCC(N)=O.O=C(O)CC(O)(CC(=O)O)C(=O)O. The van der Waals surface area contributed by atoms with Crippen LogP contribution >= 0.6 is 0 Å². The van der Waals surface area contributed by atoms with Gasteiger partial charge in [0, 0.05) is 32.1 Å². The number of halogens is 1. The fraction of sp³-hybridized carbons (Fsp3) is 0.414. The van der Waals surface area contributed by atoms with Crippen LogP contribution < -0.4 is 20.5 Å². The number of nitrogens with zero attached hydrogens (tertiary/aromatic N) is 1. The Morgan fingerprint density at radius 1 is 1.00 bits per heavy atom. The van der Waals surface area contributed by atoms with E-state index in [2.05, 4.69) is 10.2 Å². The van der Waals surface area contributed by atoms with E-state index in [4.69, 9.17) is 35.6 Å². The van der Waals surface area contributed by atoms with Crippen LogP contribution in [-0.4, -0.2) is 87.5 Å². The third kappa shape index (κ3) is 10.2. The average molecular weight is 622 g/mol. The summed E-state index contributed by atoms with van der Waals surface area (Å²) in [6.45, 7) is 3.29. The molecule has 7 N–H and O–H groups in total. The van der Waals surface area contributed by atoms with Crippen LogP contribution in [0.2, 0.25) is 0 Å². The zero-order valence-electron chi connectivity index (χ0n) is 24.2. The molecule has 15 heteroatoms. The first-order chi connectivity index (χ1) is 20.6. The van der Waals surface area contributed by atoms with Gasteiger partial charge in [0.15, 0.2) is 23.7 Å². The predicted molar refractivity (Wildman–Crippen MR) is 151 cm³/mol. The topological polar surface area (TPSA) is 226 Å². The number of ether oxygens (including phenoxy) is 2. The Hall–Kier alpha value is -4.76. The number of piperidine rings is 1. The lowest BCUT2D eigenvalue weighted by atomic mass is 9.80. The van der Waals surface area contributed by atoms with Gasteiger partial charge in [-0.1, -0.05) is 24.3 Å². The van der Waals surface area contributed by atoms with Crippen molar-refractivity contribution in [2.45, 2.75) is 50.3 Å². The molecule has 0 saturated carbocycles. The van der Waals surface area contributed by atoms with Crippen LogP contribution in [0, 0.1) is 5.82 Å². The molecule has 0 aliphatic carbocycles. The number of hydrogen-bond acceptors (Lipinski definition) is 9. The zero-order chi connectivity index (χ0) is 33.1. The number of amides is 2. The molecular weight excluding hydrogens is 585 g/mol. The second kappa shape index (κ2) is 15.6. The quantitative estimate of drug-likeness (QED) is 0.185. The number of likely N-dealkylation sites (tertiary alicyclic amines) is 1. The van der Waals surface area contributed by atoms with E-state index in [0.29, 0.717) is 49.5 Å². The summed E-state index contributed by atoms with van der Waals surface area (Å²) in [6, 6.07) is 12.1. The number of methoxy groups -OCH3 is 1. The molecule has 44 heavy (non-hydrogen) atoms.